The minimum Gasteiger partial charge on any atom is -0.506 e. The Balaban J connectivity index is 2.45. The minimum absolute atomic E-state index is 0.00383. The number of aromatic nitrogens is 3. The first-order valence-electron chi connectivity index (χ1n) is 6.27. The van der Waals surface area contributed by atoms with Crippen molar-refractivity contribution < 1.29 is 10.3 Å². The summed E-state index contributed by atoms with van der Waals surface area (Å²) in [6.07, 6.45) is 8.48. The van der Waals surface area contributed by atoms with Gasteiger partial charge in [0.15, 0.2) is 5.65 Å². The Morgan fingerprint density at radius 2 is 2.10 bits per heavy atom. The van der Waals surface area contributed by atoms with Gasteiger partial charge in [0.05, 0.1) is 16.6 Å². The van der Waals surface area contributed by atoms with E-state index in [1.165, 1.54) is 6.33 Å². The minimum atomic E-state index is -0.689. The molecule has 20 heavy (non-hydrogen) atoms. The maximum Gasteiger partial charge on any atom is 0.296 e. The monoisotopic (exact) mass is 271 g/mol. The van der Waals surface area contributed by atoms with Crippen molar-refractivity contribution in [3.63, 3.8) is 0 Å². The summed E-state index contributed by atoms with van der Waals surface area (Å²) in [6, 6.07) is 0. The zero-order valence-corrected chi connectivity index (χ0v) is 10.9. The van der Waals surface area contributed by atoms with Crippen LogP contribution in [0.25, 0.3) is 16.6 Å². The second kappa shape index (κ2) is 4.48. The summed E-state index contributed by atoms with van der Waals surface area (Å²) in [6.45, 7) is 1.68. The molecule has 3 rings (SSSR count). The number of allylic oxidation sites excluding steroid dienone is 4. The standard InChI is InChI=1S/C14H13N3O3/c1-8-10-12(18)11(9-5-3-2-4-6-9)14(19)17(20)13(10)16-7-15-8/h3,5-7,18,20H,2,4H2,1H3. The van der Waals surface area contributed by atoms with Crippen LogP contribution < -0.4 is 5.56 Å². The first-order chi connectivity index (χ1) is 9.61. The third kappa shape index (κ3) is 1.69. The van der Waals surface area contributed by atoms with Crippen LogP contribution in [0.2, 0.25) is 0 Å². The summed E-state index contributed by atoms with van der Waals surface area (Å²) in [4.78, 5) is 20.1. The zero-order valence-electron chi connectivity index (χ0n) is 10.9. The number of aromatic hydroxyl groups is 1. The van der Waals surface area contributed by atoms with Crippen LogP contribution in [0, 0.1) is 6.92 Å². The van der Waals surface area contributed by atoms with E-state index in [2.05, 4.69) is 9.97 Å². The number of rotatable bonds is 1. The first kappa shape index (κ1) is 12.4. The zero-order chi connectivity index (χ0) is 14.3. The van der Waals surface area contributed by atoms with E-state index in [1.54, 1.807) is 13.0 Å². The van der Waals surface area contributed by atoms with Crippen molar-refractivity contribution in [2.24, 2.45) is 0 Å². The van der Waals surface area contributed by atoms with Crippen LogP contribution in [-0.4, -0.2) is 25.0 Å². The molecule has 1 aliphatic carbocycles. The first-order valence-corrected chi connectivity index (χ1v) is 6.27. The number of pyridine rings is 1. The van der Waals surface area contributed by atoms with E-state index in [-0.39, 0.29) is 22.3 Å². The van der Waals surface area contributed by atoms with Crippen molar-refractivity contribution in [2.75, 3.05) is 0 Å². The Kier molecular flexibility index (Phi) is 2.78. The van der Waals surface area contributed by atoms with Crippen molar-refractivity contribution in [1.82, 2.24) is 14.7 Å². The average Bonchev–Trinajstić information content (AvgIpc) is 2.46. The van der Waals surface area contributed by atoms with Gasteiger partial charge in [0.1, 0.15) is 12.1 Å². The Labute approximate surface area is 114 Å². The van der Waals surface area contributed by atoms with Crippen molar-refractivity contribution in [3.05, 3.63) is 46.2 Å². The number of nitrogens with zero attached hydrogens (tertiary/aromatic N) is 3. The highest BCUT2D eigenvalue weighted by atomic mass is 16.5. The van der Waals surface area contributed by atoms with Gasteiger partial charge in [-0.25, -0.2) is 9.97 Å². The van der Waals surface area contributed by atoms with Gasteiger partial charge in [-0.15, -0.1) is 4.73 Å². The third-order valence-electron chi connectivity index (χ3n) is 3.38. The summed E-state index contributed by atoms with van der Waals surface area (Å²) in [5.41, 5.74) is 0.493. The number of fused-ring (bicyclic) bond motifs is 1. The molecule has 0 atom stereocenters. The van der Waals surface area contributed by atoms with Gasteiger partial charge in [0.2, 0.25) is 0 Å². The molecule has 0 saturated heterocycles. The van der Waals surface area contributed by atoms with Crippen molar-refractivity contribution >= 4 is 16.6 Å². The SMILES string of the molecule is Cc1ncnc2c1c(O)c(C1=CCCC=C1)c(=O)n2O. The molecule has 6 nitrogen and oxygen atoms in total. The van der Waals surface area contributed by atoms with Crippen LogP contribution in [0.15, 0.2) is 29.3 Å². The van der Waals surface area contributed by atoms with E-state index in [9.17, 15) is 15.1 Å². The topological polar surface area (TPSA) is 88.2 Å². The Morgan fingerprint density at radius 1 is 1.30 bits per heavy atom. The molecular formula is C14H13N3O3. The molecule has 0 spiro atoms. The van der Waals surface area contributed by atoms with E-state index in [4.69, 9.17) is 0 Å². The fourth-order valence-electron chi connectivity index (χ4n) is 2.39. The fourth-order valence-corrected chi connectivity index (χ4v) is 2.39. The summed E-state index contributed by atoms with van der Waals surface area (Å²) >= 11 is 0. The van der Waals surface area contributed by atoms with Gasteiger partial charge in [-0.05, 0) is 25.3 Å². The van der Waals surface area contributed by atoms with Gasteiger partial charge in [-0.1, -0.05) is 18.2 Å². The van der Waals surface area contributed by atoms with E-state index >= 15 is 0 Å². The van der Waals surface area contributed by atoms with Gasteiger partial charge in [-0.3, -0.25) is 4.79 Å². The van der Waals surface area contributed by atoms with Crippen LogP contribution in [0.1, 0.15) is 24.1 Å². The van der Waals surface area contributed by atoms with Crippen molar-refractivity contribution in [3.8, 4) is 5.75 Å². The predicted octanol–water partition coefficient (Wildman–Crippen LogP) is 1.78. The lowest BCUT2D eigenvalue weighted by atomic mass is 9.98. The Hall–Kier alpha value is -2.63. The van der Waals surface area contributed by atoms with Gasteiger partial charge in [0.25, 0.3) is 5.56 Å². The van der Waals surface area contributed by atoms with Gasteiger partial charge >= 0.3 is 0 Å². The normalized spacial score (nSPS) is 14.6. The Morgan fingerprint density at radius 3 is 2.80 bits per heavy atom. The fraction of sp³-hybridized carbons (Fsp3) is 0.214. The number of hydrogen-bond acceptors (Lipinski definition) is 5. The highest BCUT2D eigenvalue weighted by Crippen LogP contribution is 2.32. The molecule has 0 amide bonds. The van der Waals surface area contributed by atoms with E-state index in [1.807, 2.05) is 12.2 Å². The molecule has 0 aliphatic heterocycles. The van der Waals surface area contributed by atoms with Crippen molar-refractivity contribution in [1.29, 1.82) is 0 Å². The van der Waals surface area contributed by atoms with E-state index in [0.717, 1.165) is 12.8 Å². The highest BCUT2D eigenvalue weighted by Gasteiger charge is 2.21. The van der Waals surface area contributed by atoms with Gasteiger partial charge in [-0.2, -0.15) is 0 Å². The average molecular weight is 271 g/mol. The second-order valence-electron chi connectivity index (χ2n) is 4.64. The summed E-state index contributed by atoms with van der Waals surface area (Å²) in [5, 5.41) is 20.7. The van der Waals surface area contributed by atoms with E-state index in [0.29, 0.717) is 16.0 Å². The van der Waals surface area contributed by atoms with Crippen LogP contribution in [0.3, 0.4) is 0 Å². The molecule has 2 heterocycles. The quantitative estimate of drug-likeness (QED) is 0.772. The smallest absolute Gasteiger partial charge is 0.296 e. The highest BCUT2D eigenvalue weighted by molar-refractivity contribution is 5.91. The number of hydrogen-bond donors (Lipinski definition) is 2. The predicted molar refractivity (Wildman–Crippen MR) is 73.7 cm³/mol. The van der Waals surface area contributed by atoms with E-state index < -0.39 is 5.56 Å². The molecular weight excluding hydrogens is 258 g/mol. The van der Waals surface area contributed by atoms with Gasteiger partial charge < -0.3 is 10.3 Å². The Bertz CT molecular complexity index is 819. The van der Waals surface area contributed by atoms with Crippen LogP contribution in [0.5, 0.6) is 5.75 Å². The molecule has 102 valence electrons. The summed E-state index contributed by atoms with van der Waals surface area (Å²) in [7, 11) is 0. The lowest BCUT2D eigenvalue weighted by molar-refractivity contribution is 0.185. The second-order valence-corrected chi connectivity index (χ2v) is 4.64. The summed E-state index contributed by atoms with van der Waals surface area (Å²) < 4.78 is 0.461. The molecule has 2 aromatic rings. The lowest BCUT2D eigenvalue weighted by Crippen LogP contribution is -2.23. The molecule has 2 aromatic heterocycles. The molecule has 6 heteroatoms. The summed E-state index contributed by atoms with van der Waals surface area (Å²) in [5.74, 6) is -0.189. The van der Waals surface area contributed by atoms with Crippen LogP contribution in [-0.2, 0) is 0 Å². The molecule has 2 N–H and O–H groups in total. The lowest BCUT2D eigenvalue weighted by Gasteiger charge is -2.13. The molecule has 0 saturated carbocycles. The number of aryl methyl sites for hydroxylation is 1. The molecule has 0 unspecified atom stereocenters. The third-order valence-corrected chi connectivity index (χ3v) is 3.38. The molecule has 0 aromatic carbocycles. The molecule has 0 radical (unpaired) electrons. The molecule has 0 bridgehead atoms. The maximum absolute atomic E-state index is 12.2. The van der Waals surface area contributed by atoms with Crippen molar-refractivity contribution in [2.45, 2.75) is 19.8 Å². The molecule has 0 fully saturated rings. The largest absolute Gasteiger partial charge is 0.506 e. The van der Waals surface area contributed by atoms with Crippen LogP contribution in [0.4, 0.5) is 0 Å². The maximum atomic E-state index is 12.2. The molecule has 1 aliphatic rings. The van der Waals surface area contributed by atoms with Gasteiger partial charge in [0, 0.05) is 0 Å². The van der Waals surface area contributed by atoms with Crippen LogP contribution >= 0.6 is 0 Å².